The number of rotatable bonds is 8. The fourth-order valence-corrected chi connectivity index (χ4v) is 4.58. The van der Waals surface area contributed by atoms with E-state index in [2.05, 4.69) is 6.92 Å². The molecule has 154 valence electrons. The highest BCUT2D eigenvalue weighted by Crippen LogP contribution is 2.18. The van der Waals surface area contributed by atoms with Crippen LogP contribution in [-0.2, 0) is 16.6 Å². The molecular weight excluding hydrogens is 398 g/mol. The molecule has 0 N–H and O–H groups in total. The lowest BCUT2D eigenvalue weighted by Gasteiger charge is -2.16. The van der Waals surface area contributed by atoms with Crippen LogP contribution < -0.4 is 4.87 Å². The Morgan fingerprint density at radius 1 is 1.14 bits per heavy atom. The van der Waals surface area contributed by atoms with E-state index in [1.807, 2.05) is 0 Å². The standard InChI is InChI=1S/C19H27N3O4S2/c1-6-7-12-21(5)18(23)17-14(2)22(19(24)27-17)13-15-8-10-16(11-9-15)28(25,26)20(3)4/h8-11H,6-7,12-13H2,1-5H3. The van der Waals surface area contributed by atoms with E-state index in [1.54, 1.807) is 35.6 Å². The van der Waals surface area contributed by atoms with Gasteiger partial charge < -0.3 is 4.90 Å². The molecule has 1 heterocycles. The highest BCUT2D eigenvalue weighted by atomic mass is 32.2. The molecule has 0 saturated heterocycles. The van der Waals surface area contributed by atoms with Crippen molar-refractivity contribution in [2.24, 2.45) is 0 Å². The summed E-state index contributed by atoms with van der Waals surface area (Å²) >= 11 is 0.955. The van der Waals surface area contributed by atoms with Gasteiger partial charge in [-0.1, -0.05) is 36.8 Å². The first kappa shape index (κ1) is 22.3. The van der Waals surface area contributed by atoms with E-state index in [-0.39, 0.29) is 22.2 Å². The maximum atomic E-state index is 12.6. The van der Waals surface area contributed by atoms with Gasteiger partial charge in [0.1, 0.15) is 4.88 Å². The normalized spacial score (nSPS) is 11.8. The minimum Gasteiger partial charge on any atom is -0.341 e. The summed E-state index contributed by atoms with van der Waals surface area (Å²) in [6, 6.07) is 6.44. The third kappa shape index (κ3) is 4.71. The maximum absolute atomic E-state index is 12.6. The van der Waals surface area contributed by atoms with E-state index < -0.39 is 10.0 Å². The number of carbonyl (C=O) groups is 1. The summed E-state index contributed by atoms with van der Waals surface area (Å²) in [5, 5.41) is 0. The fraction of sp³-hybridized carbons (Fsp3) is 0.474. The number of nitrogens with zero attached hydrogens (tertiary/aromatic N) is 3. The van der Waals surface area contributed by atoms with Crippen LogP contribution in [-0.4, -0.2) is 55.8 Å². The first-order valence-electron chi connectivity index (χ1n) is 9.06. The van der Waals surface area contributed by atoms with Gasteiger partial charge in [0.2, 0.25) is 10.0 Å². The number of aromatic nitrogens is 1. The Morgan fingerprint density at radius 2 is 1.75 bits per heavy atom. The molecule has 2 aromatic rings. The second-order valence-corrected chi connectivity index (χ2v) is 9.99. The number of unbranched alkanes of at least 4 members (excludes halogenated alkanes) is 1. The molecule has 1 aromatic heterocycles. The minimum atomic E-state index is -3.49. The van der Waals surface area contributed by atoms with E-state index >= 15 is 0 Å². The molecular formula is C19H27N3O4S2. The highest BCUT2D eigenvalue weighted by molar-refractivity contribution is 7.89. The molecule has 1 aromatic carbocycles. The van der Waals surface area contributed by atoms with Gasteiger partial charge >= 0.3 is 4.87 Å². The zero-order chi connectivity index (χ0) is 21.1. The Bertz CT molecular complexity index is 989. The number of carbonyl (C=O) groups excluding carboxylic acids is 1. The van der Waals surface area contributed by atoms with Crippen molar-refractivity contribution in [3.8, 4) is 0 Å². The largest absolute Gasteiger partial charge is 0.341 e. The van der Waals surface area contributed by atoms with Crippen LogP contribution in [0.25, 0.3) is 0 Å². The summed E-state index contributed by atoms with van der Waals surface area (Å²) in [7, 11) is 1.21. The minimum absolute atomic E-state index is 0.140. The predicted octanol–water partition coefficient (Wildman–Crippen LogP) is 2.39. The Morgan fingerprint density at radius 3 is 2.29 bits per heavy atom. The number of hydrogen-bond donors (Lipinski definition) is 0. The van der Waals surface area contributed by atoms with Crippen molar-refractivity contribution < 1.29 is 13.2 Å². The first-order chi connectivity index (χ1) is 13.1. The maximum Gasteiger partial charge on any atom is 0.308 e. The van der Waals surface area contributed by atoms with Crippen molar-refractivity contribution in [1.29, 1.82) is 0 Å². The first-order valence-corrected chi connectivity index (χ1v) is 11.3. The Hall–Kier alpha value is -1.97. The molecule has 0 spiro atoms. The van der Waals surface area contributed by atoms with Crippen LogP contribution in [0.2, 0.25) is 0 Å². The fourth-order valence-electron chi connectivity index (χ4n) is 2.69. The van der Waals surface area contributed by atoms with Crippen molar-refractivity contribution in [2.75, 3.05) is 27.7 Å². The molecule has 1 amide bonds. The average molecular weight is 426 g/mol. The molecule has 0 unspecified atom stereocenters. The summed E-state index contributed by atoms with van der Waals surface area (Å²) in [5.41, 5.74) is 1.42. The monoisotopic (exact) mass is 425 g/mol. The molecule has 0 aliphatic carbocycles. The molecule has 0 saturated carbocycles. The van der Waals surface area contributed by atoms with E-state index in [0.29, 0.717) is 17.1 Å². The van der Waals surface area contributed by atoms with Gasteiger partial charge in [0.05, 0.1) is 11.4 Å². The van der Waals surface area contributed by atoms with Crippen molar-refractivity contribution in [1.82, 2.24) is 13.8 Å². The van der Waals surface area contributed by atoms with Gasteiger partial charge in [0.25, 0.3) is 5.91 Å². The van der Waals surface area contributed by atoms with Crippen LogP contribution in [0.3, 0.4) is 0 Å². The summed E-state index contributed by atoms with van der Waals surface area (Å²) < 4.78 is 27.0. The Kier molecular flexibility index (Phi) is 7.19. The number of amides is 1. The van der Waals surface area contributed by atoms with Crippen LogP contribution in [0.4, 0.5) is 0 Å². The highest BCUT2D eigenvalue weighted by Gasteiger charge is 2.21. The van der Waals surface area contributed by atoms with Crippen molar-refractivity contribution in [2.45, 2.75) is 38.1 Å². The number of hydrogen-bond acceptors (Lipinski definition) is 5. The lowest BCUT2D eigenvalue weighted by molar-refractivity contribution is 0.0796. The lowest BCUT2D eigenvalue weighted by Crippen LogP contribution is -2.27. The Balaban J connectivity index is 2.25. The van der Waals surface area contributed by atoms with Gasteiger partial charge in [-0.05, 0) is 31.0 Å². The summed E-state index contributed by atoms with van der Waals surface area (Å²) in [6.07, 6.45) is 1.91. The molecule has 9 heteroatoms. The second-order valence-electron chi connectivity index (χ2n) is 6.88. The van der Waals surface area contributed by atoms with Crippen molar-refractivity contribution in [3.63, 3.8) is 0 Å². The van der Waals surface area contributed by atoms with E-state index in [1.165, 1.54) is 26.2 Å². The molecule has 0 atom stereocenters. The SMILES string of the molecule is CCCCN(C)C(=O)c1sc(=O)n(Cc2ccc(S(=O)(=O)N(C)C)cc2)c1C. The van der Waals surface area contributed by atoms with E-state index in [4.69, 9.17) is 0 Å². The van der Waals surface area contributed by atoms with Crippen LogP contribution in [0.5, 0.6) is 0 Å². The average Bonchev–Trinajstić information content (AvgIpc) is 2.94. The van der Waals surface area contributed by atoms with Crippen molar-refractivity contribution in [3.05, 3.63) is 50.1 Å². The zero-order valence-electron chi connectivity index (χ0n) is 16.9. The summed E-state index contributed by atoms with van der Waals surface area (Å²) in [4.78, 5) is 27.1. The molecule has 0 radical (unpaired) electrons. The molecule has 2 rings (SSSR count). The molecule has 0 aliphatic rings. The number of sulfonamides is 1. The number of thiazole rings is 1. The third-order valence-corrected chi connectivity index (χ3v) is 7.47. The quantitative estimate of drug-likeness (QED) is 0.650. The van der Waals surface area contributed by atoms with E-state index in [0.717, 1.165) is 34.0 Å². The van der Waals surface area contributed by atoms with Gasteiger partial charge in [0, 0.05) is 33.4 Å². The van der Waals surface area contributed by atoms with Gasteiger partial charge in [-0.15, -0.1) is 0 Å². The van der Waals surface area contributed by atoms with E-state index in [9.17, 15) is 18.0 Å². The van der Waals surface area contributed by atoms with Gasteiger partial charge in [-0.25, -0.2) is 12.7 Å². The van der Waals surface area contributed by atoms with Crippen LogP contribution in [0, 0.1) is 6.92 Å². The number of benzene rings is 1. The molecule has 0 bridgehead atoms. The zero-order valence-corrected chi connectivity index (χ0v) is 18.6. The molecule has 28 heavy (non-hydrogen) atoms. The molecule has 7 nitrogen and oxygen atoms in total. The van der Waals surface area contributed by atoms with Gasteiger partial charge in [0.15, 0.2) is 0 Å². The summed E-state index contributed by atoms with van der Waals surface area (Å²) in [5.74, 6) is -0.140. The van der Waals surface area contributed by atoms with Gasteiger partial charge in [-0.3, -0.25) is 14.2 Å². The van der Waals surface area contributed by atoms with Crippen molar-refractivity contribution >= 4 is 27.3 Å². The topological polar surface area (TPSA) is 79.7 Å². The van der Waals surface area contributed by atoms with Gasteiger partial charge in [-0.2, -0.15) is 0 Å². The lowest BCUT2D eigenvalue weighted by atomic mass is 10.2. The van der Waals surface area contributed by atoms with Crippen LogP contribution >= 0.6 is 11.3 Å². The van der Waals surface area contributed by atoms with Crippen LogP contribution in [0.1, 0.15) is 40.7 Å². The third-order valence-electron chi connectivity index (χ3n) is 4.57. The predicted molar refractivity (Wildman–Crippen MR) is 112 cm³/mol. The Labute approximate surface area is 170 Å². The summed E-state index contributed by atoms with van der Waals surface area (Å²) in [6.45, 7) is 4.77. The molecule has 0 aliphatic heterocycles. The smallest absolute Gasteiger partial charge is 0.308 e. The van der Waals surface area contributed by atoms with Crippen LogP contribution in [0.15, 0.2) is 34.0 Å². The molecule has 0 fully saturated rings. The second kappa shape index (κ2) is 9.02.